The number of benzene rings is 1. The number of nitrogens with one attached hydrogen (secondary N) is 3. The quantitative estimate of drug-likeness (QED) is 0.179. The number of nitrogens with zero attached hydrogens (tertiary/aromatic N) is 1. The van der Waals surface area contributed by atoms with Crippen molar-refractivity contribution in [3.05, 3.63) is 51.9 Å². The molecule has 1 aromatic carbocycles. The van der Waals surface area contributed by atoms with E-state index >= 15 is 0 Å². The second-order valence-electron chi connectivity index (χ2n) is 5.61. The van der Waals surface area contributed by atoms with E-state index in [1.165, 1.54) is 18.4 Å². The van der Waals surface area contributed by atoms with Crippen LogP contribution >= 0.6 is 47.2 Å². The highest BCUT2D eigenvalue weighted by molar-refractivity contribution is 14.0. The maximum absolute atomic E-state index is 12.7. The van der Waals surface area contributed by atoms with Crippen LogP contribution in [-0.4, -0.2) is 38.1 Å². The van der Waals surface area contributed by atoms with Crippen molar-refractivity contribution in [3.63, 3.8) is 0 Å². The summed E-state index contributed by atoms with van der Waals surface area (Å²) in [5, 5.41) is 8.97. The smallest absolute Gasteiger partial charge is 0.387 e. The molecule has 0 atom stereocenters. The molecule has 0 fully saturated rings. The summed E-state index contributed by atoms with van der Waals surface area (Å²) in [6.07, 6.45) is 1.41. The molecule has 7 nitrogen and oxygen atoms in total. The van der Waals surface area contributed by atoms with Gasteiger partial charge in [0.2, 0.25) is 0 Å². The Morgan fingerprint density at radius 3 is 2.60 bits per heavy atom. The topological polar surface area (TPSA) is 87.9 Å². The third-order valence-corrected chi connectivity index (χ3v) is 3.99. The van der Waals surface area contributed by atoms with Gasteiger partial charge >= 0.3 is 6.61 Å². The number of hydrogen-bond acceptors (Lipinski definition) is 4. The van der Waals surface area contributed by atoms with Crippen LogP contribution in [0.5, 0.6) is 5.75 Å². The van der Waals surface area contributed by atoms with Gasteiger partial charge in [0.1, 0.15) is 5.75 Å². The van der Waals surface area contributed by atoms with E-state index in [0.717, 1.165) is 0 Å². The van der Waals surface area contributed by atoms with Crippen LogP contribution in [0, 0.1) is 0 Å². The molecular formula is C18H21Cl2F2IN4O3. The van der Waals surface area contributed by atoms with Gasteiger partial charge in [-0.1, -0.05) is 23.2 Å². The second kappa shape index (κ2) is 13.5. The fraction of sp³-hybridized carbons (Fsp3) is 0.333. The number of carbonyl (C=O) groups is 1. The molecule has 2 rings (SSSR count). The molecule has 0 radical (unpaired) electrons. The highest BCUT2D eigenvalue weighted by Crippen LogP contribution is 2.34. The predicted octanol–water partition coefficient (Wildman–Crippen LogP) is 4.29. The molecule has 1 heterocycles. The Labute approximate surface area is 199 Å². The molecule has 1 aromatic heterocycles. The Hall–Kier alpha value is -1.79. The average molecular weight is 577 g/mol. The van der Waals surface area contributed by atoms with E-state index < -0.39 is 6.61 Å². The van der Waals surface area contributed by atoms with Gasteiger partial charge in [0.25, 0.3) is 5.91 Å². The van der Waals surface area contributed by atoms with Crippen LogP contribution in [0.15, 0.2) is 39.9 Å². The van der Waals surface area contributed by atoms with E-state index in [-0.39, 0.29) is 58.0 Å². The second-order valence-corrected chi connectivity index (χ2v) is 6.45. The number of alkyl halides is 2. The SMILES string of the molecule is CCNC(=NCc1cc(Cl)cc(Cl)c1OC(F)F)NCCNC(=O)c1ccco1.I. The van der Waals surface area contributed by atoms with Crippen molar-refractivity contribution in [2.75, 3.05) is 19.6 Å². The Morgan fingerprint density at radius 1 is 1.23 bits per heavy atom. The summed E-state index contributed by atoms with van der Waals surface area (Å²) in [6.45, 7) is 0.0946. The molecular weight excluding hydrogens is 556 g/mol. The van der Waals surface area contributed by atoms with Gasteiger partial charge in [-0.25, -0.2) is 4.99 Å². The fourth-order valence-corrected chi connectivity index (χ4v) is 2.89. The van der Waals surface area contributed by atoms with E-state index in [4.69, 9.17) is 27.6 Å². The van der Waals surface area contributed by atoms with E-state index in [0.29, 0.717) is 31.2 Å². The van der Waals surface area contributed by atoms with Gasteiger partial charge in [0.15, 0.2) is 11.7 Å². The van der Waals surface area contributed by atoms with Gasteiger partial charge in [-0.3, -0.25) is 4.79 Å². The normalized spacial score (nSPS) is 11.1. The molecule has 0 bridgehead atoms. The summed E-state index contributed by atoms with van der Waals surface area (Å²) in [6, 6.07) is 5.96. The highest BCUT2D eigenvalue weighted by atomic mass is 127. The van der Waals surface area contributed by atoms with Crippen LogP contribution in [0.25, 0.3) is 0 Å². The first kappa shape index (κ1) is 26.2. The van der Waals surface area contributed by atoms with Crippen molar-refractivity contribution >= 4 is 59.0 Å². The standard InChI is InChI=1S/C18H20Cl2F2N4O3.HI/c1-2-23-18(25-6-5-24-16(27)14-4-3-7-28-14)26-10-11-8-12(19)9-13(20)15(11)29-17(21)22;/h3-4,7-9,17H,2,5-6,10H2,1H3,(H,24,27)(H2,23,25,26);1H. The van der Waals surface area contributed by atoms with Gasteiger partial charge < -0.3 is 25.1 Å². The molecule has 12 heteroatoms. The number of rotatable bonds is 9. The average Bonchev–Trinajstić information content (AvgIpc) is 3.20. The lowest BCUT2D eigenvalue weighted by Crippen LogP contribution is -2.41. The fourth-order valence-electron chi connectivity index (χ4n) is 2.31. The zero-order valence-electron chi connectivity index (χ0n) is 15.9. The predicted molar refractivity (Wildman–Crippen MR) is 122 cm³/mol. The number of hydrogen-bond donors (Lipinski definition) is 3. The third kappa shape index (κ3) is 8.52. The number of furan rings is 1. The Kier molecular flexibility index (Phi) is 11.8. The Morgan fingerprint density at radius 2 is 1.97 bits per heavy atom. The van der Waals surface area contributed by atoms with E-state index in [2.05, 4.69) is 25.7 Å². The van der Waals surface area contributed by atoms with Crippen molar-refractivity contribution in [2.24, 2.45) is 4.99 Å². The van der Waals surface area contributed by atoms with Crippen LogP contribution in [-0.2, 0) is 6.54 Å². The Bertz CT molecular complexity index is 839. The molecule has 30 heavy (non-hydrogen) atoms. The first-order valence-corrected chi connectivity index (χ1v) is 9.43. The van der Waals surface area contributed by atoms with Crippen LogP contribution in [0.4, 0.5) is 8.78 Å². The molecule has 0 spiro atoms. The van der Waals surface area contributed by atoms with Crippen LogP contribution in [0.2, 0.25) is 10.0 Å². The van der Waals surface area contributed by atoms with Crippen molar-refractivity contribution < 1.29 is 22.7 Å². The molecule has 1 amide bonds. The van der Waals surface area contributed by atoms with Crippen LogP contribution < -0.4 is 20.7 Å². The Balaban J connectivity index is 0.00000450. The van der Waals surface area contributed by atoms with E-state index in [1.807, 2.05) is 6.92 Å². The van der Waals surface area contributed by atoms with E-state index in [1.54, 1.807) is 12.1 Å². The molecule has 0 saturated heterocycles. The molecule has 0 aliphatic carbocycles. The zero-order valence-corrected chi connectivity index (χ0v) is 19.7. The van der Waals surface area contributed by atoms with Crippen molar-refractivity contribution in [1.82, 2.24) is 16.0 Å². The molecule has 0 saturated carbocycles. The number of carbonyl (C=O) groups excluding carboxylic acids is 1. The molecule has 0 aliphatic rings. The number of aliphatic imine (C=N–C) groups is 1. The summed E-state index contributed by atoms with van der Waals surface area (Å²) in [7, 11) is 0. The van der Waals surface area contributed by atoms with Gasteiger partial charge in [0.05, 0.1) is 17.8 Å². The molecule has 0 unspecified atom stereocenters. The minimum atomic E-state index is -3.03. The largest absolute Gasteiger partial charge is 0.459 e. The van der Waals surface area contributed by atoms with Gasteiger partial charge in [0, 0.05) is 30.2 Å². The lowest BCUT2D eigenvalue weighted by Gasteiger charge is -2.14. The van der Waals surface area contributed by atoms with Gasteiger partial charge in [-0.2, -0.15) is 8.78 Å². The van der Waals surface area contributed by atoms with E-state index in [9.17, 15) is 13.6 Å². The van der Waals surface area contributed by atoms with Gasteiger partial charge in [-0.05, 0) is 31.2 Å². The lowest BCUT2D eigenvalue weighted by molar-refractivity contribution is -0.0503. The third-order valence-electron chi connectivity index (χ3n) is 3.49. The van der Waals surface area contributed by atoms with Crippen molar-refractivity contribution in [2.45, 2.75) is 20.1 Å². The van der Waals surface area contributed by atoms with Gasteiger partial charge in [-0.15, -0.1) is 24.0 Å². The number of halogens is 5. The van der Waals surface area contributed by atoms with Crippen molar-refractivity contribution in [3.8, 4) is 5.75 Å². The summed E-state index contributed by atoms with van der Waals surface area (Å²) in [5.74, 6) is 0.131. The molecule has 2 aromatic rings. The minimum Gasteiger partial charge on any atom is -0.459 e. The van der Waals surface area contributed by atoms with Crippen LogP contribution in [0.3, 0.4) is 0 Å². The van der Waals surface area contributed by atoms with Crippen LogP contribution in [0.1, 0.15) is 23.0 Å². The number of guanidine groups is 1. The molecule has 3 N–H and O–H groups in total. The first-order valence-electron chi connectivity index (χ1n) is 8.67. The summed E-state index contributed by atoms with van der Waals surface area (Å²) >= 11 is 11.9. The number of ether oxygens (including phenoxy) is 1. The maximum atomic E-state index is 12.7. The lowest BCUT2D eigenvalue weighted by atomic mass is 10.2. The monoisotopic (exact) mass is 576 g/mol. The molecule has 0 aliphatic heterocycles. The van der Waals surface area contributed by atoms with Crippen molar-refractivity contribution in [1.29, 1.82) is 0 Å². The highest BCUT2D eigenvalue weighted by Gasteiger charge is 2.15. The summed E-state index contributed by atoms with van der Waals surface area (Å²) in [4.78, 5) is 16.1. The molecule has 166 valence electrons. The minimum absolute atomic E-state index is 0. The summed E-state index contributed by atoms with van der Waals surface area (Å²) < 4.78 is 34.8. The first-order chi connectivity index (χ1) is 13.9. The summed E-state index contributed by atoms with van der Waals surface area (Å²) in [5.41, 5.74) is 0.311. The zero-order chi connectivity index (χ0) is 21.2. The number of amides is 1. The maximum Gasteiger partial charge on any atom is 0.387 e.